The lowest BCUT2D eigenvalue weighted by Gasteiger charge is -2.56. The van der Waals surface area contributed by atoms with E-state index in [9.17, 15) is 4.79 Å². The van der Waals surface area contributed by atoms with Crippen molar-refractivity contribution in [2.75, 3.05) is 31.1 Å². The van der Waals surface area contributed by atoms with Crippen molar-refractivity contribution in [2.24, 2.45) is 10.8 Å². The molecule has 5 nitrogen and oxygen atoms in total. The van der Waals surface area contributed by atoms with Crippen molar-refractivity contribution in [3.8, 4) is 0 Å². The third kappa shape index (κ3) is 3.20. The molecule has 0 atom stereocenters. The van der Waals surface area contributed by atoms with Gasteiger partial charge in [-0.15, -0.1) is 0 Å². The fourth-order valence-electron chi connectivity index (χ4n) is 4.37. The number of nitrogens with one attached hydrogen (secondary N) is 1. The minimum atomic E-state index is -0.268. The van der Waals surface area contributed by atoms with E-state index in [2.05, 4.69) is 42.9 Å². The molecule has 126 valence electrons. The number of hydrogen-bond donors (Lipinski definition) is 1. The average molecular weight is 317 g/mol. The number of hydrogen-bond acceptors (Lipinski definition) is 5. The maximum absolute atomic E-state index is 12.4. The van der Waals surface area contributed by atoms with Gasteiger partial charge in [0.05, 0.1) is 5.56 Å². The lowest BCUT2D eigenvalue weighted by molar-refractivity contribution is -0.155. The lowest BCUT2D eigenvalue weighted by Crippen LogP contribution is -2.57. The normalized spacial score (nSPS) is 23.2. The van der Waals surface area contributed by atoms with Crippen molar-refractivity contribution in [1.82, 2.24) is 10.3 Å². The fourth-order valence-corrected chi connectivity index (χ4v) is 4.37. The molecule has 2 heterocycles. The summed E-state index contributed by atoms with van der Waals surface area (Å²) in [6.45, 7) is 12.4. The summed E-state index contributed by atoms with van der Waals surface area (Å²) in [5, 5.41) is 3.32. The number of pyridine rings is 1. The number of anilines is 1. The van der Waals surface area contributed by atoms with E-state index in [1.807, 2.05) is 12.1 Å². The van der Waals surface area contributed by atoms with Crippen LogP contribution in [-0.2, 0) is 4.74 Å². The number of esters is 1. The third-order valence-electron chi connectivity index (χ3n) is 4.98. The Bertz CT molecular complexity index is 560. The van der Waals surface area contributed by atoms with Crippen LogP contribution in [0.25, 0.3) is 0 Å². The van der Waals surface area contributed by atoms with E-state index in [4.69, 9.17) is 4.74 Å². The highest BCUT2D eigenvalue weighted by molar-refractivity contribution is 5.89. The third-order valence-corrected chi connectivity index (χ3v) is 4.98. The predicted molar refractivity (Wildman–Crippen MR) is 90.7 cm³/mol. The average Bonchev–Trinajstić information content (AvgIpc) is 2.52. The molecule has 1 aliphatic carbocycles. The topological polar surface area (TPSA) is 54.5 Å². The van der Waals surface area contributed by atoms with Crippen LogP contribution in [0.15, 0.2) is 18.3 Å². The van der Waals surface area contributed by atoms with Gasteiger partial charge in [-0.25, -0.2) is 9.78 Å². The molecule has 1 aromatic rings. The van der Waals surface area contributed by atoms with Crippen LogP contribution in [0.2, 0.25) is 0 Å². The second kappa shape index (κ2) is 5.78. The smallest absolute Gasteiger partial charge is 0.340 e. The van der Waals surface area contributed by atoms with Crippen molar-refractivity contribution in [3.63, 3.8) is 0 Å². The number of rotatable bonds is 3. The van der Waals surface area contributed by atoms with Crippen LogP contribution in [0.3, 0.4) is 0 Å². The van der Waals surface area contributed by atoms with E-state index < -0.39 is 0 Å². The molecule has 0 spiro atoms. The monoisotopic (exact) mass is 317 g/mol. The SMILES string of the molecule is CC1(C)CC(C)(C)C1OC(=O)c1ccc(N2CCNCC2)nc1. The zero-order valence-electron chi connectivity index (χ0n) is 14.6. The molecule has 1 saturated carbocycles. The van der Waals surface area contributed by atoms with Gasteiger partial charge in [-0.3, -0.25) is 0 Å². The first kappa shape index (κ1) is 16.2. The highest BCUT2D eigenvalue weighted by Crippen LogP contribution is 2.55. The van der Waals surface area contributed by atoms with E-state index in [0.717, 1.165) is 38.4 Å². The Hall–Kier alpha value is -1.62. The molecule has 1 aliphatic heterocycles. The summed E-state index contributed by atoms with van der Waals surface area (Å²) in [6.07, 6.45) is 2.66. The van der Waals surface area contributed by atoms with Crippen molar-refractivity contribution in [1.29, 1.82) is 0 Å². The Morgan fingerprint density at radius 1 is 1.22 bits per heavy atom. The van der Waals surface area contributed by atoms with Gasteiger partial charge in [-0.1, -0.05) is 27.7 Å². The molecule has 0 unspecified atom stereocenters. The molecule has 1 aromatic heterocycles. The van der Waals surface area contributed by atoms with Crippen LogP contribution in [-0.4, -0.2) is 43.2 Å². The molecular formula is C18H27N3O2. The minimum absolute atomic E-state index is 0.0460. The summed E-state index contributed by atoms with van der Waals surface area (Å²) >= 11 is 0. The fraction of sp³-hybridized carbons (Fsp3) is 0.667. The summed E-state index contributed by atoms with van der Waals surface area (Å²) in [5.74, 6) is 0.655. The van der Waals surface area contributed by atoms with Crippen LogP contribution >= 0.6 is 0 Å². The summed E-state index contributed by atoms with van der Waals surface area (Å²) in [6, 6.07) is 3.74. The van der Waals surface area contributed by atoms with Crippen LogP contribution in [0.5, 0.6) is 0 Å². The summed E-state index contributed by atoms with van der Waals surface area (Å²) in [4.78, 5) is 19.1. The molecule has 23 heavy (non-hydrogen) atoms. The van der Waals surface area contributed by atoms with E-state index >= 15 is 0 Å². The molecule has 0 bridgehead atoms. The zero-order chi connectivity index (χ0) is 16.7. The standard InChI is InChI=1S/C18H27N3O2/c1-17(2)12-18(3,4)16(17)23-15(22)13-5-6-14(20-11-13)21-9-7-19-8-10-21/h5-6,11,16,19H,7-10,12H2,1-4H3. The number of carbonyl (C=O) groups excluding carboxylic acids is 1. The summed E-state index contributed by atoms with van der Waals surface area (Å²) < 4.78 is 5.79. The van der Waals surface area contributed by atoms with Crippen molar-refractivity contribution in [3.05, 3.63) is 23.9 Å². The molecular weight excluding hydrogens is 290 g/mol. The van der Waals surface area contributed by atoms with Crippen LogP contribution in [0.1, 0.15) is 44.5 Å². The molecule has 2 aliphatic rings. The first-order valence-corrected chi connectivity index (χ1v) is 8.42. The van der Waals surface area contributed by atoms with Crippen LogP contribution in [0, 0.1) is 10.8 Å². The van der Waals surface area contributed by atoms with Crippen molar-refractivity contribution < 1.29 is 9.53 Å². The van der Waals surface area contributed by atoms with Gasteiger partial charge in [0.25, 0.3) is 0 Å². The Morgan fingerprint density at radius 2 is 1.87 bits per heavy atom. The van der Waals surface area contributed by atoms with Gasteiger partial charge in [-0.2, -0.15) is 0 Å². The molecule has 0 aromatic carbocycles. The van der Waals surface area contributed by atoms with Gasteiger partial charge in [0, 0.05) is 43.2 Å². The molecule has 0 amide bonds. The van der Waals surface area contributed by atoms with Crippen LogP contribution in [0.4, 0.5) is 5.82 Å². The molecule has 2 fully saturated rings. The van der Waals surface area contributed by atoms with Gasteiger partial charge in [0.2, 0.25) is 0 Å². The minimum Gasteiger partial charge on any atom is -0.458 e. The second-order valence-corrected chi connectivity index (χ2v) is 8.08. The Balaban J connectivity index is 1.66. The van der Waals surface area contributed by atoms with Gasteiger partial charge >= 0.3 is 5.97 Å². The highest BCUT2D eigenvalue weighted by atomic mass is 16.5. The number of nitrogens with zero attached hydrogens (tertiary/aromatic N) is 2. The second-order valence-electron chi connectivity index (χ2n) is 8.08. The van der Waals surface area contributed by atoms with E-state index in [1.54, 1.807) is 6.20 Å². The predicted octanol–water partition coefficient (Wildman–Crippen LogP) is 2.47. The van der Waals surface area contributed by atoms with E-state index in [0.29, 0.717) is 5.56 Å². The molecule has 5 heteroatoms. The number of ether oxygens (including phenoxy) is 1. The molecule has 0 radical (unpaired) electrons. The lowest BCUT2D eigenvalue weighted by atomic mass is 9.53. The number of carbonyl (C=O) groups is 1. The Morgan fingerprint density at radius 3 is 2.39 bits per heavy atom. The van der Waals surface area contributed by atoms with Crippen LogP contribution < -0.4 is 10.2 Å². The Kier molecular flexibility index (Phi) is 4.08. The van der Waals surface area contributed by atoms with Gasteiger partial charge in [0.15, 0.2) is 0 Å². The summed E-state index contributed by atoms with van der Waals surface area (Å²) in [5.41, 5.74) is 0.628. The van der Waals surface area contributed by atoms with Crippen molar-refractivity contribution >= 4 is 11.8 Å². The first-order chi connectivity index (χ1) is 10.8. The van der Waals surface area contributed by atoms with Gasteiger partial charge in [-0.05, 0) is 18.6 Å². The summed E-state index contributed by atoms with van der Waals surface area (Å²) in [7, 11) is 0. The molecule has 1 N–H and O–H groups in total. The molecule has 1 saturated heterocycles. The maximum Gasteiger partial charge on any atom is 0.340 e. The highest BCUT2D eigenvalue weighted by Gasteiger charge is 2.55. The van der Waals surface area contributed by atoms with Gasteiger partial charge < -0.3 is 15.0 Å². The van der Waals surface area contributed by atoms with E-state index in [-0.39, 0.29) is 22.9 Å². The number of aromatic nitrogens is 1. The van der Waals surface area contributed by atoms with E-state index in [1.165, 1.54) is 0 Å². The van der Waals surface area contributed by atoms with Gasteiger partial charge in [0.1, 0.15) is 11.9 Å². The maximum atomic E-state index is 12.4. The van der Waals surface area contributed by atoms with Crippen molar-refractivity contribution in [2.45, 2.75) is 40.2 Å². The number of piperazine rings is 1. The molecule has 3 rings (SSSR count). The Labute approximate surface area is 138 Å². The zero-order valence-corrected chi connectivity index (χ0v) is 14.6. The largest absolute Gasteiger partial charge is 0.458 e. The quantitative estimate of drug-likeness (QED) is 0.868. The first-order valence-electron chi connectivity index (χ1n) is 8.42.